The Kier molecular flexibility index (Phi) is 5.08. The third-order valence-electron chi connectivity index (χ3n) is 4.75. The van der Waals surface area contributed by atoms with Gasteiger partial charge >= 0.3 is 0 Å². The molecule has 0 aliphatic carbocycles. The maximum Gasteiger partial charge on any atom is 0.258 e. The number of fused-ring (bicyclic) bond motifs is 1. The SMILES string of the molecule is O=C(Nc1ccc2c(c1)CCN(Cc1ccccc1)C2=O)c1cccnc1Cl. The molecule has 140 valence electrons. The predicted molar refractivity (Wildman–Crippen MR) is 109 cm³/mol. The highest BCUT2D eigenvalue weighted by Gasteiger charge is 2.24. The second-order valence-electron chi connectivity index (χ2n) is 6.63. The summed E-state index contributed by atoms with van der Waals surface area (Å²) in [4.78, 5) is 31.0. The van der Waals surface area contributed by atoms with Crippen LogP contribution < -0.4 is 5.32 Å². The molecule has 0 saturated carbocycles. The van der Waals surface area contributed by atoms with Gasteiger partial charge in [-0.3, -0.25) is 9.59 Å². The fraction of sp³-hybridized carbons (Fsp3) is 0.136. The normalized spacial score (nSPS) is 13.2. The van der Waals surface area contributed by atoms with Gasteiger partial charge < -0.3 is 10.2 Å². The van der Waals surface area contributed by atoms with Crippen LogP contribution in [0.3, 0.4) is 0 Å². The molecular weight excluding hydrogens is 374 g/mol. The van der Waals surface area contributed by atoms with E-state index in [-0.39, 0.29) is 17.0 Å². The van der Waals surface area contributed by atoms with Crippen LogP contribution in [0.15, 0.2) is 66.9 Å². The quantitative estimate of drug-likeness (QED) is 0.678. The van der Waals surface area contributed by atoms with Crippen LogP contribution in [0, 0.1) is 0 Å². The number of rotatable bonds is 4. The summed E-state index contributed by atoms with van der Waals surface area (Å²) < 4.78 is 0. The third kappa shape index (κ3) is 3.75. The predicted octanol–water partition coefficient (Wildman–Crippen LogP) is 4.19. The molecular formula is C22H18ClN3O2. The first kappa shape index (κ1) is 18.2. The van der Waals surface area contributed by atoms with Crippen molar-refractivity contribution >= 4 is 29.1 Å². The first-order valence-electron chi connectivity index (χ1n) is 9.00. The van der Waals surface area contributed by atoms with Crippen molar-refractivity contribution in [3.8, 4) is 0 Å². The van der Waals surface area contributed by atoms with Gasteiger partial charge in [-0.05, 0) is 47.9 Å². The average Bonchev–Trinajstić information content (AvgIpc) is 2.71. The Labute approximate surface area is 168 Å². The van der Waals surface area contributed by atoms with E-state index in [9.17, 15) is 9.59 Å². The summed E-state index contributed by atoms with van der Waals surface area (Å²) in [6.45, 7) is 1.24. The molecule has 0 unspecified atom stereocenters. The van der Waals surface area contributed by atoms with Gasteiger partial charge in [0.1, 0.15) is 5.15 Å². The van der Waals surface area contributed by atoms with E-state index >= 15 is 0 Å². The summed E-state index contributed by atoms with van der Waals surface area (Å²) in [6, 6.07) is 18.6. The van der Waals surface area contributed by atoms with E-state index in [1.54, 1.807) is 24.3 Å². The van der Waals surface area contributed by atoms with Gasteiger partial charge in [0, 0.05) is 30.5 Å². The van der Waals surface area contributed by atoms with Crippen molar-refractivity contribution in [3.63, 3.8) is 0 Å². The summed E-state index contributed by atoms with van der Waals surface area (Å²) in [5.74, 6) is -0.316. The van der Waals surface area contributed by atoms with Gasteiger partial charge in [0.25, 0.3) is 11.8 Å². The number of halogens is 1. The zero-order valence-corrected chi connectivity index (χ0v) is 15.8. The highest BCUT2D eigenvalue weighted by Crippen LogP contribution is 2.24. The third-order valence-corrected chi connectivity index (χ3v) is 5.05. The van der Waals surface area contributed by atoms with E-state index in [0.717, 1.165) is 17.5 Å². The van der Waals surface area contributed by atoms with Crippen molar-refractivity contribution in [1.82, 2.24) is 9.88 Å². The molecule has 1 aliphatic rings. The van der Waals surface area contributed by atoms with E-state index in [4.69, 9.17) is 11.6 Å². The zero-order chi connectivity index (χ0) is 19.5. The van der Waals surface area contributed by atoms with Gasteiger partial charge in [-0.25, -0.2) is 4.98 Å². The Bertz CT molecular complexity index is 1040. The lowest BCUT2D eigenvalue weighted by Crippen LogP contribution is -2.37. The Morgan fingerprint density at radius 1 is 1.11 bits per heavy atom. The number of carbonyl (C=O) groups is 2. The first-order valence-corrected chi connectivity index (χ1v) is 9.37. The summed E-state index contributed by atoms with van der Waals surface area (Å²) in [5, 5.41) is 2.98. The molecule has 0 atom stereocenters. The summed E-state index contributed by atoms with van der Waals surface area (Å²) in [5.41, 5.74) is 3.67. The zero-order valence-electron chi connectivity index (χ0n) is 15.1. The van der Waals surface area contributed by atoms with E-state index in [1.165, 1.54) is 6.20 Å². The van der Waals surface area contributed by atoms with Crippen LogP contribution in [-0.4, -0.2) is 28.2 Å². The van der Waals surface area contributed by atoms with Crippen molar-refractivity contribution < 1.29 is 9.59 Å². The van der Waals surface area contributed by atoms with E-state index in [0.29, 0.717) is 29.9 Å². The van der Waals surface area contributed by atoms with Gasteiger partial charge in [-0.2, -0.15) is 0 Å². The molecule has 0 fully saturated rings. The van der Waals surface area contributed by atoms with Crippen LogP contribution in [-0.2, 0) is 13.0 Å². The Balaban J connectivity index is 1.50. The first-order chi connectivity index (χ1) is 13.6. The van der Waals surface area contributed by atoms with Gasteiger partial charge in [0.2, 0.25) is 0 Å². The van der Waals surface area contributed by atoms with Crippen LogP contribution >= 0.6 is 11.6 Å². The smallest absolute Gasteiger partial charge is 0.258 e. The van der Waals surface area contributed by atoms with Crippen LogP contribution in [0.4, 0.5) is 5.69 Å². The van der Waals surface area contributed by atoms with Crippen molar-refractivity contribution in [2.75, 3.05) is 11.9 Å². The summed E-state index contributed by atoms with van der Waals surface area (Å²) in [6.07, 6.45) is 2.27. The number of hydrogen-bond acceptors (Lipinski definition) is 3. The molecule has 2 heterocycles. The van der Waals surface area contributed by atoms with Gasteiger partial charge in [0.05, 0.1) is 5.56 Å². The summed E-state index contributed by atoms with van der Waals surface area (Å²) in [7, 11) is 0. The van der Waals surface area contributed by atoms with Crippen LogP contribution in [0.2, 0.25) is 5.15 Å². The van der Waals surface area contributed by atoms with E-state index in [2.05, 4.69) is 10.3 Å². The molecule has 2 aromatic carbocycles. The standard InChI is InChI=1S/C22H18ClN3O2/c23-20-19(7-4-11-24-20)21(27)25-17-8-9-18-16(13-17)10-12-26(22(18)28)14-15-5-2-1-3-6-15/h1-9,11,13H,10,12,14H2,(H,25,27). The lowest BCUT2D eigenvalue weighted by atomic mass is 9.97. The van der Waals surface area contributed by atoms with Crippen molar-refractivity contribution in [3.05, 3.63) is 94.3 Å². The molecule has 0 radical (unpaired) electrons. The largest absolute Gasteiger partial charge is 0.334 e. The number of pyridine rings is 1. The molecule has 1 N–H and O–H groups in total. The molecule has 3 aromatic rings. The Morgan fingerprint density at radius 2 is 1.93 bits per heavy atom. The Morgan fingerprint density at radius 3 is 2.71 bits per heavy atom. The number of aromatic nitrogens is 1. The van der Waals surface area contributed by atoms with E-state index < -0.39 is 0 Å². The van der Waals surface area contributed by atoms with Crippen molar-refractivity contribution in [1.29, 1.82) is 0 Å². The molecule has 4 rings (SSSR count). The van der Waals surface area contributed by atoms with Crippen LogP contribution in [0.25, 0.3) is 0 Å². The fourth-order valence-corrected chi connectivity index (χ4v) is 3.53. The maximum absolute atomic E-state index is 12.8. The van der Waals surface area contributed by atoms with Crippen LogP contribution in [0.5, 0.6) is 0 Å². The molecule has 5 nitrogen and oxygen atoms in total. The lowest BCUT2D eigenvalue weighted by molar-refractivity contribution is 0.0727. The minimum Gasteiger partial charge on any atom is -0.334 e. The number of nitrogens with zero attached hydrogens (tertiary/aromatic N) is 2. The second kappa shape index (κ2) is 7.82. The number of hydrogen-bond donors (Lipinski definition) is 1. The van der Waals surface area contributed by atoms with Gasteiger partial charge in [-0.1, -0.05) is 41.9 Å². The minimum atomic E-state index is -0.328. The molecule has 6 heteroatoms. The van der Waals surface area contributed by atoms with E-state index in [1.807, 2.05) is 41.3 Å². The molecule has 0 saturated heterocycles. The average molecular weight is 392 g/mol. The van der Waals surface area contributed by atoms with Crippen molar-refractivity contribution in [2.45, 2.75) is 13.0 Å². The number of carbonyl (C=O) groups excluding carboxylic acids is 2. The van der Waals surface area contributed by atoms with Gasteiger partial charge in [0.15, 0.2) is 0 Å². The number of amides is 2. The maximum atomic E-state index is 12.8. The highest BCUT2D eigenvalue weighted by molar-refractivity contribution is 6.33. The van der Waals surface area contributed by atoms with Crippen molar-refractivity contribution in [2.24, 2.45) is 0 Å². The monoisotopic (exact) mass is 391 g/mol. The molecule has 1 aromatic heterocycles. The lowest BCUT2D eigenvalue weighted by Gasteiger charge is -2.29. The number of benzene rings is 2. The molecule has 2 amide bonds. The highest BCUT2D eigenvalue weighted by atomic mass is 35.5. The molecule has 1 aliphatic heterocycles. The molecule has 0 spiro atoms. The topological polar surface area (TPSA) is 62.3 Å². The van der Waals surface area contributed by atoms with Gasteiger partial charge in [-0.15, -0.1) is 0 Å². The molecule has 0 bridgehead atoms. The summed E-state index contributed by atoms with van der Waals surface area (Å²) >= 11 is 5.98. The number of anilines is 1. The second-order valence-corrected chi connectivity index (χ2v) is 6.99. The fourth-order valence-electron chi connectivity index (χ4n) is 3.32. The number of nitrogens with one attached hydrogen (secondary N) is 1. The van der Waals surface area contributed by atoms with Crippen LogP contribution in [0.1, 0.15) is 31.8 Å². The molecule has 28 heavy (non-hydrogen) atoms. The minimum absolute atomic E-state index is 0.0123. The Hall–Kier alpha value is -3.18.